The topological polar surface area (TPSA) is 59.3 Å². The molecule has 0 saturated heterocycles. The number of amides is 1. The molecule has 117 heavy (non-hydrogen) atoms. The number of fused-ring (bicyclic) bond motifs is 3. The fourth-order valence-electron chi connectivity index (χ4n) is 3.40. The first-order valence-electron chi connectivity index (χ1n) is 22.8. The van der Waals surface area contributed by atoms with Gasteiger partial charge in [0.05, 0.1) is 11.1 Å². The lowest BCUT2D eigenvalue weighted by molar-refractivity contribution is -0.123. The highest BCUT2D eigenvalue weighted by atomic mass is 33.6. The van der Waals surface area contributed by atoms with Gasteiger partial charge in [0.2, 0.25) is 5.91 Å². The number of carbonyl (C=O) groups excluding carboxylic acids is 2. The molecule has 0 unspecified atom stereocenters. The Morgan fingerprint density at radius 2 is 0.410 bits per heavy atom. The minimum atomic E-state index is -0.554. The summed E-state index contributed by atoms with van der Waals surface area (Å²) in [6.07, 6.45) is 0.749. The largest absolute Gasteiger partial charge is 0.456 e. The molecule has 1 heterocycles. The van der Waals surface area contributed by atoms with Crippen LogP contribution in [-0.2, 0) is 853 Å². The fraction of sp³-hybridized carbons (Fsp3) is 0.222. The predicted molar refractivity (Wildman–Crippen MR) is 787 cm³/mol. The van der Waals surface area contributed by atoms with Crippen LogP contribution in [0.5, 0.6) is 0 Å². The molecule has 0 bridgehead atoms. The molecule has 1 N–H and O–H groups in total. The van der Waals surface area contributed by atoms with E-state index in [0.717, 1.165) is 22.6 Å². The van der Waals surface area contributed by atoms with Gasteiger partial charge in [0.1, 0.15) is 11.2 Å². The third kappa shape index (κ3) is 93.8. The summed E-state index contributed by atoms with van der Waals surface area (Å²) in [5.41, 5.74) is 1.78. The smallest absolute Gasteiger partial charge is 0.229 e. The number of aldehydes is 1. The Bertz CT molecular complexity index is 8650. The molecule has 3 rings (SSSR count). The summed E-state index contributed by atoms with van der Waals surface area (Å²) < 4.78 is 5.79. The van der Waals surface area contributed by atoms with Gasteiger partial charge in [0.15, 0.2) is 6.29 Å². The van der Waals surface area contributed by atoms with E-state index in [-0.39, 0.29) is 5.91 Å². The van der Waals surface area contributed by atoms with Crippen molar-refractivity contribution in [3.05, 3.63) is 42.0 Å². The van der Waals surface area contributed by atoms with E-state index in [2.05, 4.69) is 5.32 Å². The third-order valence-corrected chi connectivity index (χ3v) is 211. The zero-order valence-corrected chi connectivity index (χ0v) is 129. The Balaban J connectivity index is 0.00000178. The second kappa shape index (κ2) is 110. The van der Waals surface area contributed by atoms with E-state index < -0.39 is 5.41 Å². The SMILES string of the molecule is CC(C)(C)C(=O)Nc1c(C=O)ccc2oc3ccccc3c12.S=S=S=S=S=S=S=S=S=S=S=S=S=S=S=S=S=S=S=S=S=S=S=S=S=S=S=S=S=S=S=S=S=S=S=S=S=S=S=S=S=S=S=S=S=S=S=S=S=S=S=S=S=S=S=S=S=S=S=S=S=S=S=S=S=S=S=S=S=S=S=S=S=S=S=S=S=S=S=S=S=S=S=S=S=S=S=S=S=S=S=S=S=S=S. The molecule has 99 heteroatoms. The summed E-state index contributed by atoms with van der Waals surface area (Å²) in [5.74, 6) is -0.145. The second-order valence-corrected chi connectivity index (χ2v) is 177. The Morgan fingerprint density at radius 3 is 0.564 bits per heavy atom. The van der Waals surface area contributed by atoms with E-state index in [4.69, 9.17) is 26.8 Å². The lowest BCUT2D eigenvalue weighted by atomic mass is 9.95. The van der Waals surface area contributed by atoms with Gasteiger partial charge in [-0.2, -0.15) is 0 Å². The van der Waals surface area contributed by atoms with E-state index in [9.17, 15) is 9.59 Å². The summed E-state index contributed by atoms with van der Waals surface area (Å²) >= 11 is 9.66. The van der Waals surface area contributed by atoms with Crippen LogP contribution < -0.4 is 5.32 Å². The minimum absolute atomic E-state index is 0.145. The summed E-state index contributed by atoms with van der Waals surface area (Å²) in [5, 5.41) is 4.53. The van der Waals surface area contributed by atoms with Crippen molar-refractivity contribution in [2.75, 3.05) is 5.32 Å². The molecule has 0 atom stereocenters. The molecule has 0 radical (unpaired) electrons. The quantitative estimate of drug-likeness (QED) is 0.392. The highest BCUT2D eigenvalue weighted by Gasteiger charge is 2.24. The first-order chi connectivity index (χ1) is 57.8. The number of anilines is 1. The van der Waals surface area contributed by atoms with Gasteiger partial charge in [-0.1, -0.05) is 39.0 Å². The number of hydrogen-bond acceptors (Lipinski definition) is 5. The molecule has 0 spiro atoms. The van der Waals surface area contributed by atoms with Crippen LogP contribution in [0, 0.1) is 5.41 Å². The van der Waals surface area contributed by atoms with Crippen LogP contribution in [0.4, 0.5) is 5.69 Å². The molecular formula is C18H17NO3S95. The average Bonchev–Trinajstić information content (AvgIpc) is 1.62. The van der Waals surface area contributed by atoms with Crippen LogP contribution in [0.25, 0.3) is 21.9 Å². The summed E-state index contributed by atoms with van der Waals surface area (Å²) in [6.45, 7) is 5.49. The van der Waals surface area contributed by atoms with Crippen molar-refractivity contribution in [3.63, 3.8) is 0 Å². The van der Waals surface area contributed by atoms with Gasteiger partial charge in [-0.25, -0.2) is 0 Å². The van der Waals surface area contributed by atoms with Crippen LogP contribution >= 0.6 is 0 Å². The highest BCUT2D eigenvalue weighted by molar-refractivity contribution is 8.87. The molecule has 682 valence electrons. The van der Waals surface area contributed by atoms with Crippen LogP contribution in [0.1, 0.15) is 31.1 Å². The highest BCUT2D eigenvalue weighted by Crippen LogP contribution is 2.36. The maximum atomic E-state index is 12.3. The fourth-order valence-corrected chi connectivity index (χ4v) is 253. The van der Waals surface area contributed by atoms with Gasteiger partial charge in [-0.05, 0) is 18.2 Å². The maximum Gasteiger partial charge on any atom is 0.229 e. The molecule has 3 aromatic rings. The third-order valence-electron chi connectivity index (χ3n) is 6.18. The molecular weight excluding hydrogens is 3320 g/mol. The van der Waals surface area contributed by atoms with Crippen molar-refractivity contribution in [2.45, 2.75) is 20.8 Å². The molecule has 0 fully saturated rings. The van der Waals surface area contributed by atoms with Crippen molar-refractivity contribution >= 4 is 888 Å². The van der Waals surface area contributed by atoms with Crippen molar-refractivity contribution in [2.24, 2.45) is 5.41 Å². The van der Waals surface area contributed by atoms with E-state index in [1.165, 1.54) is 17.8 Å². The number of para-hydroxylation sites is 1. The Kier molecular flexibility index (Phi) is 123. The Labute approximate surface area is 947 Å². The summed E-state index contributed by atoms with van der Waals surface area (Å²) in [4.78, 5) is 23.7. The number of carbonyl (C=O) groups is 2. The number of furan rings is 1. The summed E-state index contributed by atoms with van der Waals surface area (Å²) in [6, 6.07) is 11.0. The minimum Gasteiger partial charge on any atom is -0.456 e. The van der Waals surface area contributed by atoms with E-state index in [0.29, 0.717) is 16.8 Å². The standard InChI is InChI=1S/C18H17NO3.S95/c1-18(2,3)17(21)19-16-11(10-20)8-9-14-15(16)12-6-4-5-7-13(12)22-14;1-3-5-7-9-11-13-15-17-19-21-23-25-27-29-31-33-35-37-39-41-43-45-47-49-51-53-55-57-59-61-63-65-67-69-71-73-75-77-79-81-83-85-87-89-91-93-95-94-92-90-88-86-84-82-80-78-76-74-72-70-68-66-64-62-60-58-56-54-52-50-48-46-44-42-40-38-36-34-32-30-28-26-24-22-20-18-16-14-12-10-8-6-4-2/h4-10H,1-3H3,(H,19,21);. The normalized spacial score (nSPS) is 8.61. The molecule has 1 amide bonds. The van der Waals surface area contributed by atoms with Gasteiger partial charge in [0.25, 0.3) is 0 Å². The molecule has 0 saturated carbocycles. The average molecular weight is 3340 g/mol. The lowest BCUT2D eigenvalue weighted by Crippen LogP contribution is -2.28. The van der Waals surface area contributed by atoms with Crippen LogP contribution in [-0.4, -0.2) is 12.2 Å². The Hall–Kier alpha value is 18.3. The van der Waals surface area contributed by atoms with Crippen LogP contribution in [0.3, 0.4) is 0 Å². The summed E-state index contributed by atoms with van der Waals surface area (Å²) in [7, 11) is 168. The van der Waals surface area contributed by atoms with Crippen LogP contribution in [0.2, 0.25) is 0 Å². The van der Waals surface area contributed by atoms with Gasteiger partial charge in [-0.15, -0.1) is 0 Å². The van der Waals surface area contributed by atoms with Crippen LogP contribution in [0.15, 0.2) is 40.8 Å². The number of benzene rings is 2. The van der Waals surface area contributed by atoms with Crippen molar-refractivity contribution in [3.8, 4) is 0 Å². The van der Waals surface area contributed by atoms with Crippen molar-refractivity contribution in [1.29, 1.82) is 0 Å². The van der Waals surface area contributed by atoms with Gasteiger partial charge >= 0.3 is 0 Å². The van der Waals surface area contributed by atoms with Gasteiger partial charge < -0.3 is 9.73 Å². The molecule has 2 aromatic carbocycles. The number of nitrogens with one attached hydrogen (secondary N) is 1. The van der Waals surface area contributed by atoms with Crippen molar-refractivity contribution < 1.29 is 14.0 Å². The predicted octanol–water partition coefficient (Wildman–Crippen LogP) is 4.16. The zero-order valence-electron chi connectivity index (χ0n) is 51.5. The lowest BCUT2D eigenvalue weighted by Gasteiger charge is -2.19. The number of hydrogen-bond donors (Lipinski definition) is 1. The second-order valence-electron chi connectivity index (χ2n) is 12.7. The van der Waals surface area contributed by atoms with E-state index >= 15 is 0 Å². The number of rotatable bonds is 2. The Morgan fingerprint density at radius 1 is 0.248 bits per heavy atom. The molecule has 0 aliphatic heterocycles. The van der Waals surface area contributed by atoms with Gasteiger partial charge in [0, 0.05) is 865 Å². The van der Waals surface area contributed by atoms with Gasteiger partial charge in [-0.3, -0.25) is 9.59 Å². The molecule has 4 nitrogen and oxygen atoms in total. The molecule has 0 aliphatic carbocycles. The first-order valence-corrected chi connectivity index (χ1v) is 148. The van der Waals surface area contributed by atoms with E-state index in [1.54, 1.807) is 119 Å². The molecule has 0 aliphatic rings. The first kappa shape index (κ1) is 131. The molecule has 1 aromatic heterocycles. The monoisotopic (exact) mass is 3330 g/mol. The van der Waals surface area contributed by atoms with E-state index in [1.807, 2.05) is 747 Å². The maximum absolute atomic E-state index is 12.3. The van der Waals surface area contributed by atoms with Crippen molar-refractivity contribution in [1.82, 2.24) is 0 Å². The zero-order chi connectivity index (χ0) is 83.7.